The summed E-state index contributed by atoms with van der Waals surface area (Å²) in [4.78, 5) is 26.4. The molecule has 5 nitrogen and oxygen atoms in total. The van der Waals surface area contributed by atoms with Gasteiger partial charge in [-0.15, -0.1) is 0 Å². The first-order chi connectivity index (χ1) is 9.05. The molecule has 2 rings (SSSR count). The highest BCUT2D eigenvalue weighted by Gasteiger charge is 2.18. The minimum absolute atomic E-state index is 0.294. The third kappa shape index (κ3) is 2.59. The van der Waals surface area contributed by atoms with E-state index in [9.17, 15) is 9.59 Å². The first kappa shape index (κ1) is 13.1. The fourth-order valence-electron chi connectivity index (χ4n) is 1.99. The van der Waals surface area contributed by atoms with Crippen LogP contribution in [0, 0.1) is 6.92 Å². The van der Waals surface area contributed by atoms with Crippen LogP contribution < -0.4 is 4.74 Å². The molecule has 0 saturated heterocycles. The van der Waals surface area contributed by atoms with Crippen LogP contribution in [0.4, 0.5) is 0 Å². The molecule has 0 unspecified atom stereocenters. The number of carbonyl (C=O) groups is 2. The Hall–Kier alpha value is -2.30. The van der Waals surface area contributed by atoms with Crippen molar-refractivity contribution in [3.05, 3.63) is 29.5 Å². The predicted molar refractivity (Wildman–Crippen MR) is 70.6 cm³/mol. The van der Waals surface area contributed by atoms with Crippen molar-refractivity contribution in [3.63, 3.8) is 0 Å². The molecule has 2 aromatic rings. The lowest BCUT2D eigenvalue weighted by atomic mass is 10.1. The van der Waals surface area contributed by atoms with Crippen molar-refractivity contribution in [1.82, 2.24) is 4.98 Å². The largest absolute Gasteiger partial charge is 0.496 e. The van der Waals surface area contributed by atoms with Gasteiger partial charge >= 0.3 is 5.97 Å². The lowest BCUT2D eigenvalue weighted by molar-refractivity contribution is -0.139. The number of carbonyl (C=O) groups excluding carboxylic acids is 2. The van der Waals surface area contributed by atoms with Gasteiger partial charge in [-0.25, -0.2) is 0 Å². The average Bonchev–Trinajstić information content (AvgIpc) is 2.75. The zero-order valence-electron chi connectivity index (χ0n) is 11.1. The van der Waals surface area contributed by atoms with Crippen molar-refractivity contribution in [2.45, 2.75) is 13.3 Å². The number of aromatic amines is 1. The molecule has 0 aliphatic heterocycles. The Balaban J connectivity index is 2.45. The van der Waals surface area contributed by atoms with E-state index < -0.39 is 5.97 Å². The number of rotatable bonds is 4. The topological polar surface area (TPSA) is 68.4 Å². The van der Waals surface area contributed by atoms with Gasteiger partial charge in [-0.2, -0.15) is 0 Å². The molecule has 5 heteroatoms. The number of aromatic nitrogens is 1. The van der Waals surface area contributed by atoms with Gasteiger partial charge in [0.2, 0.25) is 0 Å². The molecule has 1 heterocycles. The van der Waals surface area contributed by atoms with Gasteiger partial charge in [0.25, 0.3) is 0 Å². The Morgan fingerprint density at radius 3 is 2.58 bits per heavy atom. The molecule has 0 aliphatic carbocycles. The zero-order valence-corrected chi connectivity index (χ0v) is 11.1. The van der Waals surface area contributed by atoms with E-state index in [2.05, 4.69) is 9.72 Å². The monoisotopic (exact) mass is 261 g/mol. The van der Waals surface area contributed by atoms with E-state index in [4.69, 9.17) is 4.74 Å². The number of benzene rings is 1. The molecular formula is C14H15NO4. The lowest BCUT2D eigenvalue weighted by Gasteiger charge is -2.07. The molecule has 0 aliphatic rings. The minimum Gasteiger partial charge on any atom is -0.496 e. The summed E-state index contributed by atoms with van der Waals surface area (Å²) in [6, 6.07) is 5.45. The van der Waals surface area contributed by atoms with E-state index in [0.717, 1.165) is 16.6 Å². The highest BCUT2D eigenvalue weighted by molar-refractivity contribution is 6.09. The van der Waals surface area contributed by atoms with Crippen molar-refractivity contribution >= 4 is 22.7 Å². The van der Waals surface area contributed by atoms with Crippen LogP contribution in [0.15, 0.2) is 18.2 Å². The lowest BCUT2D eigenvalue weighted by Crippen LogP contribution is -2.10. The Morgan fingerprint density at radius 2 is 1.95 bits per heavy atom. The van der Waals surface area contributed by atoms with E-state index in [0.29, 0.717) is 11.3 Å². The standard InChI is InChI=1S/C14H15NO4/c1-8-4-9-5-13(18-2)10(6-11(9)15-8)12(16)7-14(17)19-3/h4-6,15H,7H2,1-3H3. The number of hydrogen-bond donors (Lipinski definition) is 1. The van der Waals surface area contributed by atoms with Crippen LogP contribution in [-0.2, 0) is 9.53 Å². The normalized spacial score (nSPS) is 10.5. The van der Waals surface area contributed by atoms with E-state index in [-0.39, 0.29) is 12.2 Å². The third-order valence-corrected chi connectivity index (χ3v) is 2.91. The van der Waals surface area contributed by atoms with Gasteiger partial charge in [0.15, 0.2) is 5.78 Å². The molecular weight excluding hydrogens is 246 g/mol. The van der Waals surface area contributed by atoms with Crippen LogP contribution in [0.5, 0.6) is 5.75 Å². The maximum atomic E-state index is 12.0. The Kier molecular flexibility index (Phi) is 3.55. The maximum absolute atomic E-state index is 12.0. The number of hydrogen-bond acceptors (Lipinski definition) is 4. The number of Topliss-reactive ketones (excluding diaryl/α,β-unsaturated/α-hetero) is 1. The summed E-state index contributed by atoms with van der Waals surface area (Å²) in [5.74, 6) is -0.423. The van der Waals surface area contributed by atoms with Crippen LogP contribution in [0.2, 0.25) is 0 Å². The summed E-state index contributed by atoms with van der Waals surface area (Å²) in [7, 11) is 2.75. The first-order valence-electron chi connectivity index (χ1n) is 5.82. The van der Waals surface area contributed by atoms with E-state index in [1.165, 1.54) is 14.2 Å². The number of methoxy groups -OCH3 is 2. The molecule has 1 aromatic carbocycles. The van der Waals surface area contributed by atoms with Crippen LogP contribution in [0.1, 0.15) is 22.5 Å². The van der Waals surface area contributed by atoms with E-state index >= 15 is 0 Å². The zero-order chi connectivity index (χ0) is 14.0. The average molecular weight is 261 g/mol. The van der Waals surface area contributed by atoms with Gasteiger partial charge in [0.1, 0.15) is 12.2 Å². The summed E-state index contributed by atoms with van der Waals surface area (Å²) < 4.78 is 9.71. The van der Waals surface area contributed by atoms with Crippen molar-refractivity contribution in [1.29, 1.82) is 0 Å². The smallest absolute Gasteiger partial charge is 0.313 e. The molecule has 0 saturated carbocycles. The van der Waals surface area contributed by atoms with Gasteiger partial charge < -0.3 is 14.5 Å². The fourth-order valence-corrected chi connectivity index (χ4v) is 1.99. The molecule has 0 amide bonds. The van der Waals surface area contributed by atoms with Crippen molar-refractivity contribution in [2.24, 2.45) is 0 Å². The highest BCUT2D eigenvalue weighted by Crippen LogP contribution is 2.27. The summed E-state index contributed by atoms with van der Waals surface area (Å²) in [6.07, 6.45) is -0.294. The van der Waals surface area contributed by atoms with Crippen LogP contribution in [0.25, 0.3) is 10.9 Å². The number of fused-ring (bicyclic) bond motifs is 1. The van der Waals surface area contributed by atoms with E-state index in [1.807, 2.05) is 13.0 Å². The SMILES string of the molecule is COC(=O)CC(=O)c1cc2[nH]c(C)cc2cc1OC. The second-order valence-electron chi connectivity index (χ2n) is 4.27. The van der Waals surface area contributed by atoms with Crippen LogP contribution >= 0.6 is 0 Å². The number of ketones is 1. The van der Waals surface area contributed by atoms with Gasteiger partial charge in [0.05, 0.1) is 19.8 Å². The Bertz CT molecular complexity index is 642. The van der Waals surface area contributed by atoms with Crippen molar-refractivity contribution in [2.75, 3.05) is 14.2 Å². The molecule has 100 valence electrons. The Labute approximate surface area is 110 Å². The summed E-state index contributed by atoms with van der Waals surface area (Å²) >= 11 is 0. The van der Waals surface area contributed by atoms with Crippen LogP contribution in [0.3, 0.4) is 0 Å². The van der Waals surface area contributed by atoms with Crippen molar-refractivity contribution in [3.8, 4) is 5.75 Å². The van der Waals surface area contributed by atoms with Gasteiger partial charge in [-0.1, -0.05) is 0 Å². The second-order valence-corrected chi connectivity index (χ2v) is 4.27. The van der Waals surface area contributed by atoms with E-state index in [1.54, 1.807) is 12.1 Å². The van der Waals surface area contributed by atoms with Gasteiger partial charge in [-0.05, 0) is 25.1 Å². The molecule has 19 heavy (non-hydrogen) atoms. The number of ether oxygens (including phenoxy) is 2. The quantitative estimate of drug-likeness (QED) is 0.520. The highest BCUT2D eigenvalue weighted by atomic mass is 16.5. The summed E-state index contributed by atoms with van der Waals surface area (Å²) in [5, 5.41) is 0.962. The molecule has 1 aromatic heterocycles. The summed E-state index contributed by atoms with van der Waals surface area (Å²) in [5.41, 5.74) is 2.21. The summed E-state index contributed by atoms with van der Waals surface area (Å²) in [6.45, 7) is 1.93. The first-order valence-corrected chi connectivity index (χ1v) is 5.82. The number of aryl methyl sites for hydroxylation is 1. The van der Waals surface area contributed by atoms with Gasteiger partial charge in [0, 0.05) is 16.6 Å². The van der Waals surface area contributed by atoms with Gasteiger partial charge in [-0.3, -0.25) is 9.59 Å². The molecule has 0 spiro atoms. The predicted octanol–water partition coefficient (Wildman–Crippen LogP) is 2.23. The molecule has 0 bridgehead atoms. The molecule has 0 radical (unpaired) electrons. The second kappa shape index (κ2) is 5.14. The number of nitrogens with one attached hydrogen (secondary N) is 1. The number of H-pyrrole nitrogens is 1. The molecule has 0 fully saturated rings. The third-order valence-electron chi connectivity index (χ3n) is 2.91. The maximum Gasteiger partial charge on any atom is 0.313 e. The molecule has 0 atom stereocenters. The van der Waals surface area contributed by atoms with Crippen molar-refractivity contribution < 1.29 is 19.1 Å². The van der Waals surface area contributed by atoms with Crippen LogP contribution in [-0.4, -0.2) is 31.0 Å². The minimum atomic E-state index is -0.560. The number of esters is 1. The fraction of sp³-hybridized carbons (Fsp3) is 0.286. The molecule has 1 N–H and O–H groups in total. The Morgan fingerprint density at radius 1 is 1.21 bits per heavy atom.